The maximum atomic E-state index is 13.3. The summed E-state index contributed by atoms with van der Waals surface area (Å²) in [6.07, 6.45) is -5.86. The monoisotopic (exact) mass is 394 g/mol. The number of hydrogen-bond acceptors (Lipinski definition) is 4. The third kappa shape index (κ3) is 4.00. The van der Waals surface area contributed by atoms with Crippen molar-refractivity contribution in [2.24, 2.45) is 0 Å². The molecule has 1 aliphatic rings. The van der Waals surface area contributed by atoms with Crippen LogP contribution in [0, 0.1) is 0 Å². The van der Waals surface area contributed by atoms with Crippen LogP contribution in [0.1, 0.15) is 35.9 Å². The van der Waals surface area contributed by atoms with Gasteiger partial charge in [0.25, 0.3) is 5.91 Å². The summed E-state index contributed by atoms with van der Waals surface area (Å²) in [4.78, 5) is 13.6. The van der Waals surface area contributed by atoms with Crippen molar-refractivity contribution in [3.8, 4) is 11.5 Å². The zero-order valence-electron chi connectivity index (χ0n) is 15.7. The predicted octanol–water partition coefficient (Wildman–Crippen LogP) is 4.61. The molecule has 1 amide bonds. The van der Waals surface area contributed by atoms with Crippen LogP contribution in [-0.2, 0) is 0 Å². The molecule has 150 valence electrons. The molecule has 2 aromatic carbocycles. The number of ether oxygens (including phenoxy) is 2. The third-order valence-electron chi connectivity index (χ3n) is 4.25. The minimum Gasteiger partial charge on any atom is -0.493 e. The van der Waals surface area contributed by atoms with Crippen molar-refractivity contribution in [1.82, 2.24) is 4.90 Å². The van der Waals surface area contributed by atoms with Crippen LogP contribution in [0.25, 0.3) is 0 Å². The van der Waals surface area contributed by atoms with E-state index in [1.165, 1.54) is 13.2 Å². The van der Waals surface area contributed by atoms with E-state index in [-0.39, 0.29) is 11.7 Å². The lowest BCUT2D eigenvalue weighted by Gasteiger charge is -2.39. The molecule has 5 nitrogen and oxygen atoms in total. The number of nitrogens with one attached hydrogen (secondary N) is 1. The highest BCUT2D eigenvalue weighted by Crippen LogP contribution is 2.42. The second-order valence-electron chi connectivity index (χ2n) is 6.69. The first-order chi connectivity index (χ1) is 13.2. The van der Waals surface area contributed by atoms with Crippen molar-refractivity contribution >= 4 is 11.6 Å². The van der Waals surface area contributed by atoms with Gasteiger partial charge >= 0.3 is 6.18 Å². The molecular formula is C20H21F3N2O3. The summed E-state index contributed by atoms with van der Waals surface area (Å²) >= 11 is 0. The Balaban J connectivity index is 2.14. The fourth-order valence-corrected chi connectivity index (χ4v) is 3.17. The molecule has 1 N–H and O–H groups in total. The fraction of sp³-hybridized carbons (Fsp3) is 0.350. The molecule has 2 aromatic rings. The number of hydrogen-bond donors (Lipinski definition) is 1. The lowest BCUT2D eigenvalue weighted by atomic mass is 10.0. The quantitative estimate of drug-likeness (QED) is 0.805. The zero-order valence-corrected chi connectivity index (χ0v) is 15.7. The molecule has 0 saturated heterocycles. The van der Waals surface area contributed by atoms with E-state index in [1.54, 1.807) is 50.2 Å². The van der Waals surface area contributed by atoms with Gasteiger partial charge < -0.3 is 19.7 Å². The molecule has 0 radical (unpaired) electrons. The van der Waals surface area contributed by atoms with Gasteiger partial charge in [0.2, 0.25) is 0 Å². The Kier molecular flexibility index (Phi) is 5.40. The van der Waals surface area contributed by atoms with Gasteiger partial charge in [-0.15, -0.1) is 0 Å². The van der Waals surface area contributed by atoms with Gasteiger partial charge in [0.15, 0.2) is 11.5 Å². The van der Waals surface area contributed by atoms with Crippen LogP contribution in [-0.4, -0.2) is 36.7 Å². The van der Waals surface area contributed by atoms with Crippen LogP contribution in [0.5, 0.6) is 11.5 Å². The number of halogens is 3. The van der Waals surface area contributed by atoms with Gasteiger partial charge in [0.1, 0.15) is 12.7 Å². The zero-order chi connectivity index (χ0) is 20.5. The molecule has 1 aliphatic heterocycles. The number of carbonyl (C=O) groups is 1. The standard InChI is InChI=1S/C20H21F3N2O3/c1-12(2)28-17-14(8-6-10-16(17)27-3)18-24-15-9-5-4-7-13(15)19(26)25(18)11-20(21,22)23/h4-10,12,18,24H,11H2,1-3H3/t18-/m1/s1. The maximum Gasteiger partial charge on any atom is 0.406 e. The largest absolute Gasteiger partial charge is 0.493 e. The highest BCUT2D eigenvalue weighted by Gasteiger charge is 2.41. The summed E-state index contributed by atoms with van der Waals surface area (Å²) in [5, 5.41) is 3.05. The Labute approximate surface area is 161 Å². The first-order valence-corrected chi connectivity index (χ1v) is 8.78. The third-order valence-corrected chi connectivity index (χ3v) is 4.25. The average Bonchev–Trinajstić information content (AvgIpc) is 2.63. The number of amides is 1. The molecule has 0 aliphatic carbocycles. The highest BCUT2D eigenvalue weighted by molar-refractivity contribution is 6.01. The number of rotatable bonds is 5. The Morgan fingerprint density at radius 3 is 2.50 bits per heavy atom. The first-order valence-electron chi connectivity index (χ1n) is 8.78. The predicted molar refractivity (Wildman–Crippen MR) is 98.7 cm³/mol. The lowest BCUT2D eigenvalue weighted by Crippen LogP contribution is -2.47. The van der Waals surface area contributed by atoms with Crippen molar-refractivity contribution in [2.45, 2.75) is 32.3 Å². The van der Waals surface area contributed by atoms with Gasteiger partial charge in [-0.1, -0.05) is 24.3 Å². The highest BCUT2D eigenvalue weighted by atomic mass is 19.4. The van der Waals surface area contributed by atoms with Crippen LogP contribution in [0.4, 0.5) is 18.9 Å². The second-order valence-corrected chi connectivity index (χ2v) is 6.69. The van der Waals surface area contributed by atoms with E-state index in [2.05, 4.69) is 5.32 Å². The summed E-state index contributed by atoms with van der Waals surface area (Å²) < 4.78 is 50.9. The minimum atomic E-state index is -4.56. The van der Waals surface area contributed by atoms with E-state index in [1.807, 2.05) is 0 Å². The second kappa shape index (κ2) is 7.61. The molecule has 8 heteroatoms. The molecule has 0 unspecified atom stereocenters. The van der Waals surface area contributed by atoms with E-state index < -0.39 is 24.8 Å². The van der Waals surface area contributed by atoms with Gasteiger partial charge in [-0.05, 0) is 32.0 Å². The Bertz CT molecular complexity index is 868. The molecule has 0 bridgehead atoms. The Morgan fingerprint density at radius 2 is 1.86 bits per heavy atom. The summed E-state index contributed by atoms with van der Waals surface area (Å²) in [6, 6.07) is 11.4. The van der Waals surface area contributed by atoms with E-state index >= 15 is 0 Å². The molecular weight excluding hydrogens is 373 g/mol. The molecule has 0 fully saturated rings. The van der Waals surface area contributed by atoms with Crippen molar-refractivity contribution in [3.63, 3.8) is 0 Å². The number of benzene rings is 2. The van der Waals surface area contributed by atoms with E-state index in [0.717, 1.165) is 4.90 Å². The van der Waals surface area contributed by atoms with Crippen LogP contribution in [0.2, 0.25) is 0 Å². The lowest BCUT2D eigenvalue weighted by molar-refractivity contribution is -0.144. The molecule has 28 heavy (non-hydrogen) atoms. The van der Waals surface area contributed by atoms with Gasteiger partial charge in [0.05, 0.1) is 18.8 Å². The number of nitrogens with zero attached hydrogens (tertiary/aromatic N) is 1. The normalized spacial score (nSPS) is 16.6. The molecule has 0 saturated carbocycles. The fourth-order valence-electron chi connectivity index (χ4n) is 3.17. The van der Waals surface area contributed by atoms with Crippen LogP contribution in [0.3, 0.4) is 0 Å². The number of para-hydroxylation sites is 2. The van der Waals surface area contributed by atoms with Gasteiger partial charge in [-0.3, -0.25) is 4.79 Å². The first kappa shape index (κ1) is 19.9. The van der Waals surface area contributed by atoms with Crippen molar-refractivity contribution in [2.75, 3.05) is 19.0 Å². The summed E-state index contributed by atoms with van der Waals surface area (Å²) in [7, 11) is 1.45. The SMILES string of the molecule is COc1cccc([C@@H]2Nc3ccccc3C(=O)N2CC(F)(F)F)c1OC(C)C. The number of anilines is 1. The van der Waals surface area contributed by atoms with Gasteiger partial charge in [-0.25, -0.2) is 0 Å². The average molecular weight is 394 g/mol. The molecule has 1 atom stereocenters. The van der Waals surface area contributed by atoms with E-state index in [4.69, 9.17) is 9.47 Å². The Morgan fingerprint density at radius 1 is 1.14 bits per heavy atom. The van der Waals surface area contributed by atoms with E-state index in [0.29, 0.717) is 22.7 Å². The summed E-state index contributed by atoms with van der Waals surface area (Å²) in [6.45, 7) is 2.22. The summed E-state index contributed by atoms with van der Waals surface area (Å²) in [5.74, 6) is -0.0156. The van der Waals surface area contributed by atoms with Crippen molar-refractivity contribution < 1.29 is 27.4 Å². The number of fused-ring (bicyclic) bond motifs is 1. The summed E-state index contributed by atoms with van der Waals surface area (Å²) in [5.41, 5.74) is 1.05. The van der Waals surface area contributed by atoms with Crippen LogP contribution >= 0.6 is 0 Å². The number of methoxy groups -OCH3 is 1. The van der Waals surface area contributed by atoms with Crippen LogP contribution < -0.4 is 14.8 Å². The number of alkyl halides is 3. The topological polar surface area (TPSA) is 50.8 Å². The van der Waals surface area contributed by atoms with Crippen LogP contribution in [0.15, 0.2) is 42.5 Å². The van der Waals surface area contributed by atoms with Crippen molar-refractivity contribution in [1.29, 1.82) is 0 Å². The molecule has 3 rings (SSSR count). The smallest absolute Gasteiger partial charge is 0.406 e. The molecule has 0 aromatic heterocycles. The van der Waals surface area contributed by atoms with E-state index in [9.17, 15) is 18.0 Å². The molecule has 0 spiro atoms. The van der Waals surface area contributed by atoms with Crippen molar-refractivity contribution in [3.05, 3.63) is 53.6 Å². The molecule has 1 heterocycles. The van der Waals surface area contributed by atoms with Gasteiger partial charge in [0, 0.05) is 11.3 Å². The van der Waals surface area contributed by atoms with Gasteiger partial charge in [-0.2, -0.15) is 13.2 Å². The minimum absolute atomic E-state index is 0.192. The maximum absolute atomic E-state index is 13.3. The number of carbonyl (C=O) groups excluding carboxylic acids is 1. The Hall–Kier alpha value is -2.90.